The second-order valence-corrected chi connectivity index (χ2v) is 6.12. The Morgan fingerprint density at radius 2 is 1.62 bits per heavy atom. The van der Waals surface area contributed by atoms with Gasteiger partial charge in [-0.05, 0) is 25.7 Å². The lowest BCUT2D eigenvalue weighted by molar-refractivity contribution is -0.121. The molecule has 0 aromatic heterocycles. The van der Waals surface area contributed by atoms with Gasteiger partial charge in [-0.3, -0.25) is 9.69 Å². The first-order valence-corrected chi connectivity index (χ1v) is 9.64. The van der Waals surface area contributed by atoms with Crippen molar-refractivity contribution in [1.29, 1.82) is 0 Å². The van der Waals surface area contributed by atoms with Crippen LogP contribution in [0.5, 0.6) is 0 Å². The van der Waals surface area contributed by atoms with Crippen molar-refractivity contribution in [2.75, 3.05) is 32.8 Å². The third-order valence-corrected chi connectivity index (χ3v) is 3.83. The van der Waals surface area contributed by atoms with Crippen LogP contribution in [-0.2, 0) is 4.79 Å². The van der Waals surface area contributed by atoms with E-state index in [0.717, 1.165) is 45.2 Å². The van der Waals surface area contributed by atoms with Gasteiger partial charge >= 0.3 is 0 Å². The number of amides is 1. The molecule has 0 aromatic carbocycles. The Bertz CT molecular complexity index is 341. The van der Waals surface area contributed by atoms with Crippen molar-refractivity contribution in [1.82, 2.24) is 10.2 Å². The second kappa shape index (κ2) is 18.2. The maximum absolute atomic E-state index is 11.8. The van der Waals surface area contributed by atoms with Gasteiger partial charge in [0.25, 0.3) is 0 Å². The Morgan fingerprint density at radius 1 is 0.917 bits per heavy atom. The number of carbonyl (C=O) groups is 1. The Morgan fingerprint density at radius 3 is 2.33 bits per heavy atom. The molecule has 140 valence electrons. The fourth-order valence-corrected chi connectivity index (χ4v) is 2.35. The normalized spacial score (nSPS) is 11.8. The van der Waals surface area contributed by atoms with Gasteiger partial charge in [-0.15, -0.1) is 0 Å². The minimum Gasteiger partial charge on any atom is -0.395 e. The lowest BCUT2D eigenvalue weighted by Crippen LogP contribution is -2.36. The fraction of sp³-hybridized carbons (Fsp3) is 0.750. The smallest absolute Gasteiger partial charge is 0.220 e. The van der Waals surface area contributed by atoms with Gasteiger partial charge in [0.05, 0.1) is 6.61 Å². The lowest BCUT2D eigenvalue weighted by atomic mass is 10.2. The molecule has 1 amide bonds. The van der Waals surface area contributed by atoms with Crippen LogP contribution < -0.4 is 5.32 Å². The van der Waals surface area contributed by atoms with Crippen molar-refractivity contribution < 1.29 is 9.90 Å². The van der Waals surface area contributed by atoms with Crippen molar-refractivity contribution >= 4 is 5.91 Å². The number of aliphatic hydroxyl groups excluding tert-OH is 1. The van der Waals surface area contributed by atoms with Crippen molar-refractivity contribution in [3.63, 3.8) is 0 Å². The van der Waals surface area contributed by atoms with E-state index in [9.17, 15) is 4.79 Å². The molecule has 4 heteroatoms. The summed E-state index contributed by atoms with van der Waals surface area (Å²) in [5, 5.41) is 12.1. The monoisotopic (exact) mass is 338 g/mol. The van der Waals surface area contributed by atoms with Gasteiger partial charge in [0.1, 0.15) is 0 Å². The van der Waals surface area contributed by atoms with Gasteiger partial charge in [0.15, 0.2) is 0 Å². The average Bonchev–Trinajstić information content (AvgIpc) is 2.57. The zero-order valence-corrected chi connectivity index (χ0v) is 15.8. The van der Waals surface area contributed by atoms with Crippen LogP contribution in [0.4, 0.5) is 0 Å². The van der Waals surface area contributed by atoms with E-state index in [-0.39, 0.29) is 12.5 Å². The maximum Gasteiger partial charge on any atom is 0.220 e. The highest BCUT2D eigenvalue weighted by Gasteiger charge is 2.04. The SMILES string of the molecule is CCC/C=C/CCC(=O)NCCN(CCO)CC/C=C/CCCC. The molecule has 0 aliphatic carbocycles. The van der Waals surface area contributed by atoms with Gasteiger partial charge < -0.3 is 10.4 Å². The molecular weight excluding hydrogens is 300 g/mol. The van der Waals surface area contributed by atoms with Gasteiger partial charge in [0, 0.05) is 32.6 Å². The number of allylic oxidation sites excluding steroid dienone is 3. The topological polar surface area (TPSA) is 52.6 Å². The van der Waals surface area contributed by atoms with Gasteiger partial charge in [-0.2, -0.15) is 0 Å². The molecule has 24 heavy (non-hydrogen) atoms. The van der Waals surface area contributed by atoms with Crippen LogP contribution in [0.25, 0.3) is 0 Å². The first-order valence-electron chi connectivity index (χ1n) is 9.64. The molecule has 0 aliphatic rings. The summed E-state index contributed by atoms with van der Waals surface area (Å²) in [6, 6.07) is 0. The minimum absolute atomic E-state index is 0.111. The van der Waals surface area contributed by atoms with Crippen molar-refractivity contribution in [2.45, 2.75) is 65.2 Å². The highest BCUT2D eigenvalue weighted by Crippen LogP contribution is 1.98. The highest BCUT2D eigenvalue weighted by atomic mass is 16.3. The van der Waals surface area contributed by atoms with Crippen molar-refractivity contribution in [3.8, 4) is 0 Å². The van der Waals surface area contributed by atoms with Crippen LogP contribution >= 0.6 is 0 Å². The minimum atomic E-state index is 0.111. The Balaban J connectivity index is 3.79. The number of unbranched alkanes of at least 4 members (excludes halogenated alkanes) is 3. The Kier molecular flexibility index (Phi) is 17.4. The number of aliphatic hydroxyl groups is 1. The summed E-state index contributed by atoms with van der Waals surface area (Å²) in [6.45, 7) is 7.55. The molecule has 0 aliphatic heterocycles. The van der Waals surface area contributed by atoms with Crippen molar-refractivity contribution in [3.05, 3.63) is 24.3 Å². The summed E-state index contributed by atoms with van der Waals surface area (Å²) in [6.07, 6.45) is 16.9. The fourth-order valence-electron chi connectivity index (χ4n) is 2.35. The molecule has 2 N–H and O–H groups in total. The number of rotatable bonds is 16. The molecule has 0 bridgehead atoms. The summed E-state index contributed by atoms with van der Waals surface area (Å²) in [7, 11) is 0. The summed E-state index contributed by atoms with van der Waals surface area (Å²) in [4.78, 5) is 14.0. The predicted molar refractivity (Wildman–Crippen MR) is 103 cm³/mol. The maximum atomic E-state index is 11.8. The van der Waals surface area contributed by atoms with Crippen LogP contribution in [0.2, 0.25) is 0 Å². The second-order valence-electron chi connectivity index (χ2n) is 6.12. The summed E-state index contributed by atoms with van der Waals surface area (Å²) < 4.78 is 0. The molecule has 0 saturated heterocycles. The number of hydrogen-bond donors (Lipinski definition) is 2. The van der Waals surface area contributed by atoms with Crippen LogP contribution in [-0.4, -0.2) is 48.7 Å². The van der Waals surface area contributed by atoms with Crippen LogP contribution in [0.1, 0.15) is 65.2 Å². The predicted octanol–water partition coefficient (Wildman–Crippen LogP) is 3.67. The Labute approximate surface area is 149 Å². The number of nitrogens with zero attached hydrogens (tertiary/aromatic N) is 1. The summed E-state index contributed by atoms with van der Waals surface area (Å²) in [5.74, 6) is 0.111. The van der Waals surface area contributed by atoms with Crippen LogP contribution in [0.15, 0.2) is 24.3 Å². The molecule has 0 saturated carbocycles. The molecule has 0 unspecified atom stereocenters. The molecule has 0 heterocycles. The van der Waals surface area contributed by atoms with Gasteiger partial charge in [-0.1, -0.05) is 57.4 Å². The first-order chi connectivity index (χ1) is 11.7. The molecule has 0 rings (SSSR count). The lowest BCUT2D eigenvalue weighted by Gasteiger charge is -2.20. The van der Waals surface area contributed by atoms with E-state index in [4.69, 9.17) is 5.11 Å². The molecule has 0 fully saturated rings. The third kappa shape index (κ3) is 15.8. The highest BCUT2D eigenvalue weighted by molar-refractivity contribution is 5.75. The van der Waals surface area contributed by atoms with E-state index in [2.05, 4.69) is 48.4 Å². The average molecular weight is 339 g/mol. The van der Waals surface area contributed by atoms with Gasteiger partial charge in [0.2, 0.25) is 5.91 Å². The van der Waals surface area contributed by atoms with Gasteiger partial charge in [-0.25, -0.2) is 0 Å². The molecule has 0 aromatic rings. The van der Waals surface area contributed by atoms with E-state index in [1.807, 2.05) is 0 Å². The standard InChI is InChI=1S/C20H38N2O2/c1-3-5-7-9-11-13-16-22(18-19-23)17-15-21-20(24)14-12-10-8-6-4-2/h8-11,23H,3-7,12-19H2,1-2H3,(H,21,24)/b10-8+,11-9+. The van der Waals surface area contributed by atoms with E-state index in [1.54, 1.807) is 0 Å². The Hall–Kier alpha value is -1.13. The number of nitrogens with one attached hydrogen (secondary N) is 1. The molecule has 0 radical (unpaired) electrons. The number of carbonyl (C=O) groups excluding carboxylic acids is 1. The van der Waals surface area contributed by atoms with E-state index >= 15 is 0 Å². The van der Waals surface area contributed by atoms with E-state index in [1.165, 1.54) is 12.8 Å². The quantitative estimate of drug-likeness (QED) is 0.333. The zero-order valence-electron chi connectivity index (χ0n) is 15.8. The van der Waals surface area contributed by atoms with Crippen LogP contribution in [0, 0.1) is 0 Å². The van der Waals surface area contributed by atoms with E-state index < -0.39 is 0 Å². The molecule has 4 nitrogen and oxygen atoms in total. The summed E-state index contributed by atoms with van der Waals surface area (Å²) in [5.41, 5.74) is 0. The first kappa shape index (κ1) is 22.9. The summed E-state index contributed by atoms with van der Waals surface area (Å²) >= 11 is 0. The largest absolute Gasteiger partial charge is 0.395 e. The molecular formula is C20H38N2O2. The molecule has 0 spiro atoms. The van der Waals surface area contributed by atoms with Crippen molar-refractivity contribution in [2.24, 2.45) is 0 Å². The zero-order chi connectivity index (χ0) is 17.9. The van der Waals surface area contributed by atoms with E-state index in [0.29, 0.717) is 19.5 Å². The van der Waals surface area contributed by atoms with Crippen LogP contribution in [0.3, 0.4) is 0 Å². The number of hydrogen-bond acceptors (Lipinski definition) is 3. The molecule has 0 atom stereocenters. The third-order valence-electron chi connectivity index (χ3n) is 3.83.